The molecule has 0 saturated heterocycles. The number of aromatic nitrogens is 2. The molecule has 9 heteroatoms. The normalized spacial score (nSPS) is 15.9. The molecule has 0 radical (unpaired) electrons. The summed E-state index contributed by atoms with van der Waals surface area (Å²) in [7, 11) is 0. The van der Waals surface area contributed by atoms with E-state index >= 15 is 0 Å². The average molecular weight is 405 g/mol. The van der Waals surface area contributed by atoms with Crippen LogP contribution < -0.4 is 10.9 Å². The van der Waals surface area contributed by atoms with E-state index in [1.807, 2.05) is 0 Å². The van der Waals surface area contributed by atoms with Crippen molar-refractivity contribution < 1.29 is 22.4 Å². The molecule has 1 aliphatic carbocycles. The van der Waals surface area contributed by atoms with E-state index in [2.05, 4.69) is 15.3 Å². The van der Waals surface area contributed by atoms with Gasteiger partial charge in [-0.15, -0.1) is 0 Å². The summed E-state index contributed by atoms with van der Waals surface area (Å²) in [6, 6.07) is 3.08. The fourth-order valence-corrected chi connectivity index (χ4v) is 3.46. The minimum Gasteiger partial charge on any atom is -0.347 e. The van der Waals surface area contributed by atoms with Gasteiger partial charge in [0.15, 0.2) is 11.6 Å². The Hall–Kier alpha value is -3.23. The van der Waals surface area contributed by atoms with Gasteiger partial charge in [0.2, 0.25) is 5.91 Å². The topological polar surface area (TPSA) is 74.8 Å². The molecule has 150 valence electrons. The van der Waals surface area contributed by atoms with Crippen molar-refractivity contribution in [2.24, 2.45) is 0 Å². The third kappa shape index (κ3) is 3.16. The number of rotatable bonds is 4. The first-order chi connectivity index (χ1) is 13.7. The second kappa shape index (κ2) is 6.68. The number of hydrogen-bond donors (Lipinski definition) is 2. The maximum Gasteiger partial charge on any atom is 0.252 e. The molecular formula is C20H15F4N3O2. The summed E-state index contributed by atoms with van der Waals surface area (Å²) in [5, 5.41) is 2.43. The maximum atomic E-state index is 14.1. The Kier molecular flexibility index (Phi) is 4.40. The SMILES string of the molecule is C[C@@H](NC(=O)C1(c2cc3c(F)c(F)ccc3[nH]c2=O)CC1)c1ncc(F)cc1F. The van der Waals surface area contributed by atoms with Gasteiger partial charge < -0.3 is 10.3 Å². The van der Waals surface area contributed by atoms with Crippen LogP contribution in [-0.4, -0.2) is 15.9 Å². The van der Waals surface area contributed by atoms with Gasteiger partial charge in [-0.3, -0.25) is 14.6 Å². The van der Waals surface area contributed by atoms with Crippen molar-refractivity contribution in [3.05, 3.63) is 75.3 Å². The lowest BCUT2D eigenvalue weighted by atomic mass is 9.94. The molecule has 1 aromatic carbocycles. The van der Waals surface area contributed by atoms with Gasteiger partial charge in [-0.1, -0.05) is 0 Å². The van der Waals surface area contributed by atoms with E-state index < -0.39 is 46.2 Å². The van der Waals surface area contributed by atoms with Gasteiger partial charge in [0.05, 0.1) is 28.9 Å². The van der Waals surface area contributed by atoms with Crippen LogP contribution in [0.1, 0.15) is 37.1 Å². The number of hydrogen-bond acceptors (Lipinski definition) is 3. The third-order valence-corrected chi connectivity index (χ3v) is 5.21. The molecule has 1 amide bonds. The van der Waals surface area contributed by atoms with Crippen molar-refractivity contribution in [2.45, 2.75) is 31.2 Å². The lowest BCUT2D eigenvalue weighted by Crippen LogP contribution is -2.39. The maximum absolute atomic E-state index is 14.1. The number of benzene rings is 1. The van der Waals surface area contributed by atoms with Crippen molar-refractivity contribution in [2.75, 3.05) is 0 Å². The van der Waals surface area contributed by atoms with E-state index in [1.54, 1.807) is 0 Å². The van der Waals surface area contributed by atoms with Crippen LogP contribution in [0.5, 0.6) is 0 Å². The Morgan fingerprint density at radius 3 is 2.55 bits per heavy atom. The predicted octanol–water partition coefficient (Wildman–Crippen LogP) is 3.39. The van der Waals surface area contributed by atoms with Crippen molar-refractivity contribution in [1.29, 1.82) is 0 Å². The van der Waals surface area contributed by atoms with Gasteiger partial charge in [0.1, 0.15) is 11.6 Å². The van der Waals surface area contributed by atoms with E-state index in [1.165, 1.54) is 19.1 Å². The summed E-state index contributed by atoms with van der Waals surface area (Å²) in [5.41, 5.74) is -1.86. The van der Waals surface area contributed by atoms with E-state index in [0.717, 1.165) is 12.3 Å². The number of carbonyl (C=O) groups excluding carboxylic acids is 1. The number of fused-ring (bicyclic) bond motifs is 1. The zero-order valence-corrected chi connectivity index (χ0v) is 15.2. The number of pyridine rings is 2. The Bertz CT molecular complexity index is 1200. The molecule has 5 nitrogen and oxygen atoms in total. The van der Waals surface area contributed by atoms with E-state index in [4.69, 9.17) is 0 Å². The summed E-state index contributed by atoms with van der Waals surface area (Å²) in [5.74, 6) is -4.53. The van der Waals surface area contributed by atoms with E-state index in [9.17, 15) is 27.2 Å². The van der Waals surface area contributed by atoms with E-state index in [0.29, 0.717) is 18.9 Å². The minimum absolute atomic E-state index is 0.00624. The summed E-state index contributed by atoms with van der Waals surface area (Å²) in [4.78, 5) is 31.5. The zero-order chi connectivity index (χ0) is 20.9. The summed E-state index contributed by atoms with van der Waals surface area (Å²) < 4.78 is 54.7. The Morgan fingerprint density at radius 1 is 1.17 bits per heavy atom. The van der Waals surface area contributed by atoms with Crippen LogP contribution in [0.3, 0.4) is 0 Å². The highest BCUT2D eigenvalue weighted by Crippen LogP contribution is 2.48. The minimum atomic E-state index is -1.23. The first-order valence-corrected chi connectivity index (χ1v) is 8.86. The lowest BCUT2D eigenvalue weighted by Gasteiger charge is -2.20. The molecule has 2 heterocycles. The number of nitrogens with zero attached hydrogens (tertiary/aromatic N) is 1. The third-order valence-electron chi connectivity index (χ3n) is 5.21. The highest BCUT2D eigenvalue weighted by molar-refractivity contribution is 5.93. The number of H-pyrrole nitrogens is 1. The van der Waals surface area contributed by atoms with Crippen molar-refractivity contribution in [1.82, 2.24) is 15.3 Å². The molecule has 1 atom stereocenters. The molecule has 2 N–H and O–H groups in total. The Labute approximate surface area is 161 Å². The number of amides is 1. The fourth-order valence-electron chi connectivity index (χ4n) is 3.46. The summed E-state index contributed by atoms with van der Waals surface area (Å²) in [6.45, 7) is 1.47. The van der Waals surface area contributed by atoms with Crippen molar-refractivity contribution in [3.63, 3.8) is 0 Å². The summed E-state index contributed by atoms with van der Waals surface area (Å²) in [6.07, 6.45) is 1.46. The number of carbonyl (C=O) groups is 1. The van der Waals surface area contributed by atoms with Gasteiger partial charge in [-0.05, 0) is 38.0 Å². The molecule has 0 bridgehead atoms. The van der Waals surface area contributed by atoms with Crippen LogP contribution in [0.15, 0.2) is 35.3 Å². The van der Waals surface area contributed by atoms with Crippen LogP contribution in [-0.2, 0) is 10.2 Å². The first kappa shape index (κ1) is 19.1. The first-order valence-electron chi connectivity index (χ1n) is 8.86. The molecule has 2 aromatic heterocycles. The molecule has 1 fully saturated rings. The fraction of sp³-hybridized carbons (Fsp3) is 0.250. The molecule has 0 aliphatic heterocycles. The largest absolute Gasteiger partial charge is 0.347 e. The molecule has 0 unspecified atom stereocenters. The van der Waals surface area contributed by atoms with Crippen LogP contribution in [0.2, 0.25) is 0 Å². The number of aromatic amines is 1. The van der Waals surface area contributed by atoms with Crippen LogP contribution in [0.25, 0.3) is 10.9 Å². The van der Waals surface area contributed by atoms with Crippen LogP contribution in [0, 0.1) is 23.3 Å². The van der Waals surface area contributed by atoms with Gasteiger partial charge in [-0.2, -0.15) is 0 Å². The van der Waals surface area contributed by atoms with Gasteiger partial charge >= 0.3 is 0 Å². The van der Waals surface area contributed by atoms with E-state index in [-0.39, 0.29) is 22.2 Å². The molecule has 3 aromatic rings. The molecule has 29 heavy (non-hydrogen) atoms. The molecule has 4 rings (SSSR count). The second-order valence-corrected chi connectivity index (χ2v) is 7.13. The molecular weight excluding hydrogens is 390 g/mol. The lowest BCUT2D eigenvalue weighted by molar-refractivity contribution is -0.124. The number of nitrogens with one attached hydrogen (secondary N) is 2. The smallest absolute Gasteiger partial charge is 0.252 e. The highest BCUT2D eigenvalue weighted by atomic mass is 19.2. The number of halogens is 4. The average Bonchev–Trinajstić information content (AvgIpc) is 3.46. The highest BCUT2D eigenvalue weighted by Gasteiger charge is 2.53. The van der Waals surface area contributed by atoms with Crippen molar-refractivity contribution in [3.8, 4) is 0 Å². The van der Waals surface area contributed by atoms with Crippen LogP contribution in [0.4, 0.5) is 17.6 Å². The van der Waals surface area contributed by atoms with Crippen molar-refractivity contribution >= 4 is 16.8 Å². The quantitative estimate of drug-likeness (QED) is 0.654. The standard InChI is InChI=1S/C20H15F4N3O2/c1-9(17-14(23)6-10(21)8-25-17)26-19(29)20(4-5-20)12-7-11-15(27-18(12)28)3-2-13(22)16(11)24/h2-3,6-9H,4-5H2,1H3,(H,26,29)(H,27,28)/t9-/m1/s1. The molecule has 0 spiro atoms. The van der Waals surface area contributed by atoms with Gasteiger partial charge in [0.25, 0.3) is 5.56 Å². The zero-order valence-electron chi connectivity index (χ0n) is 15.2. The molecule has 1 aliphatic rings. The Balaban J connectivity index is 1.68. The Morgan fingerprint density at radius 2 is 1.90 bits per heavy atom. The van der Waals surface area contributed by atoms with Gasteiger partial charge in [-0.25, -0.2) is 17.6 Å². The van der Waals surface area contributed by atoms with Gasteiger partial charge in [0, 0.05) is 17.0 Å². The summed E-state index contributed by atoms with van der Waals surface area (Å²) >= 11 is 0. The van der Waals surface area contributed by atoms with Crippen LogP contribution >= 0.6 is 0 Å². The predicted molar refractivity (Wildman–Crippen MR) is 96.1 cm³/mol. The second-order valence-electron chi connectivity index (χ2n) is 7.13. The monoisotopic (exact) mass is 405 g/mol. The molecule has 1 saturated carbocycles.